The lowest BCUT2D eigenvalue weighted by atomic mass is 10.5. The van der Waals surface area contributed by atoms with Gasteiger partial charge in [-0.1, -0.05) is 0 Å². The zero-order chi connectivity index (χ0) is 9.84. The molecule has 0 radical (unpaired) electrons. The van der Waals surface area contributed by atoms with Gasteiger partial charge < -0.3 is 15.5 Å². The van der Waals surface area contributed by atoms with Crippen molar-refractivity contribution >= 4 is 21.7 Å². The summed E-state index contributed by atoms with van der Waals surface area (Å²) in [5.74, 6) is 0.855. The highest BCUT2D eigenvalue weighted by Gasteiger charge is 2.08. The van der Waals surface area contributed by atoms with Crippen molar-refractivity contribution in [1.82, 2.24) is 9.97 Å². The van der Waals surface area contributed by atoms with E-state index in [1.165, 1.54) is 0 Å². The molecule has 1 aromatic heterocycles. The number of aliphatic hydroxyl groups is 1. The Morgan fingerprint density at radius 2 is 2.15 bits per heavy atom. The molecule has 1 rings (SSSR count). The van der Waals surface area contributed by atoms with Gasteiger partial charge in [-0.25, -0.2) is 4.98 Å². The van der Waals surface area contributed by atoms with Crippen molar-refractivity contribution in [2.45, 2.75) is 6.92 Å². The first-order valence-corrected chi connectivity index (χ1v) is 4.52. The van der Waals surface area contributed by atoms with Crippen LogP contribution in [0, 0.1) is 6.92 Å². The maximum atomic E-state index is 9.28. The van der Waals surface area contributed by atoms with Crippen LogP contribution in [0.5, 0.6) is 5.88 Å². The Kier molecular flexibility index (Phi) is 3.44. The summed E-state index contributed by atoms with van der Waals surface area (Å²) >= 11 is 3.13. The summed E-state index contributed by atoms with van der Waals surface area (Å²) in [5, 5.41) is 20.7. The molecule has 0 spiro atoms. The van der Waals surface area contributed by atoms with Crippen molar-refractivity contribution in [3.63, 3.8) is 0 Å². The van der Waals surface area contributed by atoms with Crippen LogP contribution in [0.1, 0.15) is 5.82 Å². The van der Waals surface area contributed by atoms with Gasteiger partial charge in [0.25, 0.3) is 0 Å². The number of aromatic hydroxyl groups is 1. The number of nitrogens with zero attached hydrogens (tertiary/aromatic N) is 2. The van der Waals surface area contributed by atoms with Crippen LogP contribution in [0.15, 0.2) is 4.47 Å². The van der Waals surface area contributed by atoms with E-state index in [2.05, 4.69) is 31.2 Å². The lowest BCUT2D eigenvalue weighted by molar-refractivity contribution is 0.311. The molecule has 0 saturated heterocycles. The van der Waals surface area contributed by atoms with Crippen LogP contribution in [0.4, 0.5) is 5.82 Å². The molecule has 3 N–H and O–H groups in total. The number of aliphatic hydroxyl groups excluding tert-OH is 1. The van der Waals surface area contributed by atoms with E-state index in [-0.39, 0.29) is 12.5 Å². The molecule has 0 aliphatic heterocycles. The standard InChI is InChI=1S/C7H10BrN3O2/c1-4-10-6(9-2-3-12)5(8)7(13)11-4/h12H,2-3H2,1H3,(H2,9,10,11,13). The van der Waals surface area contributed by atoms with Crippen molar-refractivity contribution < 1.29 is 10.2 Å². The molecule has 0 bridgehead atoms. The average Bonchev–Trinajstić information content (AvgIpc) is 2.09. The number of aromatic nitrogens is 2. The maximum absolute atomic E-state index is 9.28. The summed E-state index contributed by atoms with van der Waals surface area (Å²) < 4.78 is 0.409. The van der Waals surface area contributed by atoms with Gasteiger partial charge in [-0.15, -0.1) is 0 Å². The van der Waals surface area contributed by atoms with Gasteiger partial charge in [-0.2, -0.15) is 4.98 Å². The Morgan fingerprint density at radius 1 is 1.46 bits per heavy atom. The summed E-state index contributed by atoms with van der Waals surface area (Å²) in [7, 11) is 0. The average molecular weight is 248 g/mol. The minimum absolute atomic E-state index is 0.0102. The fraction of sp³-hybridized carbons (Fsp3) is 0.429. The fourth-order valence-corrected chi connectivity index (χ4v) is 1.15. The number of hydrogen-bond acceptors (Lipinski definition) is 5. The summed E-state index contributed by atoms with van der Waals surface area (Å²) in [6, 6.07) is 0. The molecule has 6 heteroatoms. The molecular weight excluding hydrogens is 238 g/mol. The third-order valence-electron chi connectivity index (χ3n) is 1.35. The van der Waals surface area contributed by atoms with E-state index in [0.29, 0.717) is 22.7 Å². The molecule has 72 valence electrons. The first-order valence-electron chi connectivity index (χ1n) is 3.73. The van der Waals surface area contributed by atoms with Gasteiger partial charge in [0.2, 0.25) is 5.88 Å². The third kappa shape index (κ3) is 2.53. The molecule has 1 heterocycles. The van der Waals surface area contributed by atoms with E-state index in [4.69, 9.17) is 5.11 Å². The van der Waals surface area contributed by atoms with Gasteiger partial charge >= 0.3 is 0 Å². The van der Waals surface area contributed by atoms with Crippen molar-refractivity contribution in [3.05, 3.63) is 10.3 Å². The van der Waals surface area contributed by atoms with Gasteiger partial charge in [-0.05, 0) is 22.9 Å². The van der Waals surface area contributed by atoms with Crippen LogP contribution >= 0.6 is 15.9 Å². The molecule has 0 unspecified atom stereocenters. The van der Waals surface area contributed by atoms with Crippen LogP contribution < -0.4 is 5.32 Å². The number of aryl methyl sites for hydroxylation is 1. The molecule has 5 nitrogen and oxygen atoms in total. The minimum Gasteiger partial charge on any atom is -0.492 e. The molecule has 0 atom stereocenters. The summed E-state index contributed by atoms with van der Waals surface area (Å²) in [6.45, 7) is 2.07. The van der Waals surface area contributed by atoms with E-state index in [1.807, 2.05) is 0 Å². The molecule has 1 aromatic rings. The molecule has 0 aliphatic carbocycles. The van der Waals surface area contributed by atoms with Crippen molar-refractivity contribution in [3.8, 4) is 5.88 Å². The lowest BCUT2D eigenvalue weighted by Crippen LogP contribution is -2.08. The van der Waals surface area contributed by atoms with E-state index >= 15 is 0 Å². The maximum Gasteiger partial charge on any atom is 0.231 e. The van der Waals surface area contributed by atoms with Crippen LogP contribution in [0.25, 0.3) is 0 Å². The second kappa shape index (κ2) is 4.38. The molecule has 0 fully saturated rings. The highest BCUT2D eigenvalue weighted by atomic mass is 79.9. The predicted octanol–water partition coefficient (Wildman–Crippen LogP) is 0.657. The van der Waals surface area contributed by atoms with E-state index in [0.717, 1.165) is 0 Å². The zero-order valence-electron chi connectivity index (χ0n) is 7.08. The second-order valence-corrected chi connectivity index (χ2v) is 3.20. The summed E-state index contributed by atoms with van der Waals surface area (Å²) in [5.41, 5.74) is 0. The van der Waals surface area contributed by atoms with Gasteiger partial charge in [0.1, 0.15) is 16.1 Å². The van der Waals surface area contributed by atoms with Crippen LogP contribution in [-0.2, 0) is 0 Å². The summed E-state index contributed by atoms with van der Waals surface area (Å²) in [6.07, 6.45) is 0. The number of hydrogen-bond donors (Lipinski definition) is 3. The molecule has 0 aromatic carbocycles. The topological polar surface area (TPSA) is 78.3 Å². The quantitative estimate of drug-likeness (QED) is 0.732. The van der Waals surface area contributed by atoms with E-state index in [1.54, 1.807) is 6.92 Å². The Balaban J connectivity index is 2.92. The number of rotatable bonds is 3. The summed E-state index contributed by atoms with van der Waals surface area (Å²) in [4.78, 5) is 7.77. The number of nitrogens with one attached hydrogen (secondary N) is 1. The highest BCUT2D eigenvalue weighted by molar-refractivity contribution is 9.10. The molecule has 13 heavy (non-hydrogen) atoms. The number of anilines is 1. The van der Waals surface area contributed by atoms with E-state index in [9.17, 15) is 5.11 Å². The third-order valence-corrected chi connectivity index (χ3v) is 2.08. The predicted molar refractivity (Wildman–Crippen MR) is 51.7 cm³/mol. The molecule has 0 amide bonds. The highest BCUT2D eigenvalue weighted by Crippen LogP contribution is 2.27. The lowest BCUT2D eigenvalue weighted by Gasteiger charge is -2.07. The Bertz CT molecular complexity index is 306. The Morgan fingerprint density at radius 3 is 2.77 bits per heavy atom. The van der Waals surface area contributed by atoms with Crippen molar-refractivity contribution in [2.75, 3.05) is 18.5 Å². The van der Waals surface area contributed by atoms with Crippen LogP contribution in [0.2, 0.25) is 0 Å². The molecule has 0 aliphatic rings. The number of halogens is 1. The van der Waals surface area contributed by atoms with Gasteiger partial charge in [0.15, 0.2) is 0 Å². The van der Waals surface area contributed by atoms with Crippen molar-refractivity contribution in [1.29, 1.82) is 0 Å². The fourth-order valence-electron chi connectivity index (χ4n) is 0.836. The molecule has 0 saturated carbocycles. The van der Waals surface area contributed by atoms with E-state index < -0.39 is 0 Å². The van der Waals surface area contributed by atoms with Gasteiger partial charge in [0.05, 0.1) is 6.61 Å². The normalized spacial score (nSPS) is 10.1. The van der Waals surface area contributed by atoms with Gasteiger partial charge in [0, 0.05) is 6.54 Å². The van der Waals surface area contributed by atoms with Crippen LogP contribution in [-0.4, -0.2) is 33.3 Å². The van der Waals surface area contributed by atoms with Crippen molar-refractivity contribution in [2.24, 2.45) is 0 Å². The first-order chi connectivity index (χ1) is 6.15. The second-order valence-electron chi connectivity index (χ2n) is 2.41. The Hall–Kier alpha value is -0.880. The van der Waals surface area contributed by atoms with Gasteiger partial charge in [-0.3, -0.25) is 0 Å². The minimum atomic E-state index is -0.104. The Labute approximate surface area is 84.0 Å². The first kappa shape index (κ1) is 10.2. The smallest absolute Gasteiger partial charge is 0.231 e. The SMILES string of the molecule is Cc1nc(O)c(Br)c(NCCO)n1. The zero-order valence-corrected chi connectivity index (χ0v) is 8.67. The largest absolute Gasteiger partial charge is 0.492 e. The monoisotopic (exact) mass is 247 g/mol. The molecular formula is C7H10BrN3O2. The van der Waals surface area contributed by atoms with Crippen LogP contribution in [0.3, 0.4) is 0 Å².